The van der Waals surface area contributed by atoms with E-state index in [-0.39, 0.29) is 11.2 Å². The summed E-state index contributed by atoms with van der Waals surface area (Å²) in [6, 6.07) is 11.4. The molecule has 0 radical (unpaired) electrons. The highest BCUT2D eigenvalue weighted by Crippen LogP contribution is 2.29. The van der Waals surface area contributed by atoms with Crippen LogP contribution in [0.25, 0.3) is 0 Å². The van der Waals surface area contributed by atoms with Gasteiger partial charge < -0.3 is 4.74 Å². The van der Waals surface area contributed by atoms with Crippen molar-refractivity contribution >= 4 is 5.78 Å². The molecule has 0 spiro atoms. The third kappa shape index (κ3) is 3.48. The minimum absolute atomic E-state index is 0.0539. The minimum Gasteiger partial charge on any atom is -0.438 e. The molecule has 0 N–H and O–H groups in total. The second-order valence-electron chi connectivity index (χ2n) is 5.78. The molecule has 0 atom stereocenters. The van der Waals surface area contributed by atoms with E-state index in [9.17, 15) is 4.79 Å². The Bertz CT molecular complexity index is 630. The van der Waals surface area contributed by atoms with Crippen LogP contribution in [-0.2, 0) is 5.41 Å². The molecule has 110 valence electrons. The Kier molecular flexibility index (Phi) is 4.41. The van der Waals surface area contributed by atoms with Gasteiger partial charge in [0.05, 0.1) is 5.56 Å². The van der Waals surface area contributed by atoms with Gasteiger partial charge >= 0.3 is 0 Å². The summed E-state index contributed by atoms with van der Waals surface area (Å²) in [6.07, 6.45) is 2.69. The van der Waals surface area contributed by atoms with Crippen molar-refractivity contribution in [2.75, 3.05) is 0 Å². The van der Waals surface area contributed by atoms with E-state index >= 15 is 0 Å². The van der Waals surface area contributed by atoms with Crippen LogP contribution in [0.2, 0.25) is 0 Å². The highest BCUT2D eigenvalue weighted by molar-refractivity contribution is 5.96. The molecule has 0 saturated carbocycles. The third-order valence-electron chi connectivity index (χ3n) is 3.88. The van der Waals surface area contributed by atoms with Crippen molar-refractivity contribution < 1.29 is 9.53 Å². The van der Waals surface area contributed by atoms with Crippen LogP contribution in [0.5, 0.6) is 11.6 Å². The summed E-state index contributed by atoms with van der Waals surface area (Å²) in [4.78, 5) is 15.7. The van der Waals surface area contributed by atoms with Gasteiger partial charge in [-0.15, -0.1) is 0 Å². The Morgan fingerprint density at radius 1 is 1.19 bits per heavy atom. The highest BCUT2D eigenvalue weighted by atomic mass is 16.5. The van der Waals surface area contributed by atoms with Gasteiger partial charge in [0.2, 0.25) is 5.88 Å². The first-order valence-electron chi connectivity index (χ1n) is 7.18. The molecule has 21 heavy (non-hydrogen) atoms. The Labute approximate surface area is 126 Å². The van der Waals surface area contributed by atoms with Gasteiger partial charge in [0, 0.05) is 6.20 Å². The predicted molar refractivity (Wildman–Crippen MR) is 84.1 cm³/mol. The molecule has 3 heteroatoms. The summed E-state index contributed by atoms with van der Waals surface area (Å²) >= 11 is 0. The molecule has 0 amide bonds. The van der Waals surface area contributed by atoms with Crippen molar-refractivity contribution in [1.82, 2.24) is 4.98 Å². The average molecular weight is 283 g/mol. The summed E-state index contributed by atoms with van der Waals surface area (Å²) in [5.41, 5.74) is 1.91. The monoisotopic (exact) mass is 283 g/mol. The van der Waals surface area contributed by atoms with Crippen molar-refractivity contribution in [2.45, 2.75) is 39.5 Å². The number of hydrogen-bond donors (Lipinski definition) is 0. The second-order valence-corrected chi connectivity index (χ2v) is 5.78. The van der Waals surface area contributed by atoms with Gasteiger partial charge in [-0.05, 0) is 48.6 Å². The fourth-order valence-electron chi connectivity index (χ4n) is 2.03. The summed E-state index contributed by atoms with van der Waals surface area (Å²) in [7, 11) is 0. The number of Topliss-reactive ketones (excluding diaryl/α,β-unsaturated/α-hetero) is 1. The largest absolute Gasteiger partial charge is 0.438 e. The van der Waals surface area contributed by atoms with Gasteiger partial charge in [-0.3, -0.25) is 4.79 Å². The number of benzene rings is 1. The van der Waals surface area contributed by atoms with Gasteiger partial charge in [-0.1, -0.05) is 32.9 Å². The van der Waals surface area contributed by atoms with Crippen molar-refractivity contribution in [2.24, 2.45) is 0 Å². The first-order chi connectivity index (χ1) is 9.94. The molecule has 2 aromatic rings. The lowest BCUT2D eigenvalue weighted by atomic mass is 9.82. The maximum absolute atomic E-state index is 11.6. The van der Waals surface area contributed by atoms with Gasteiger partial charge in [0.15, 0.2) is 5.78 Å². The van der Waals surface area contributed by atoms with Crippen molar-refractivity contribution in [3.05, 3.63) is 53.7 Å². The van der Waals surface area contributed by atoms with E-state index in [4.69, 9.17) is 4.74 Å². The maximum Gasteiger partial charge on any atom is 0.230 e. The molecule has 0 aliphatic rings. The lowest BCUT2D eigenvalue weighted by Crippen LogP contribution is -2.14. The first-order valence-corrected chi connectivity index (χ1v) is 7.18. The van der Waals surface area contributed by atoms with E-state index < -0.39 is 0 Å². The zero-order chi connectivity index (χ0) is 15.5. The predicted octanol–water partition coefficient (Wildman–Crippen LogP) is 4.76. The molecule has 0 bridgehead atoms. The molecule has 1 aromatic heterocycles. The number of carbonyl (C=O) groups is 1. The van der Waals surface area contributed by atoms with Crippen molar-refractivity contribution in [1.29, 1.82) is 0 Å². The molecule has 2 rings (SSSR count). The van der Waals surface area contributed by atoms with Gasteiger partial charge in [-0.2, -0.15) is 0 Å². The van der Waals surface area contributed by atoms with E-state index in [1.807, 2.05) is 12.1 Å². The lowest BCUT2D eigenvalue weighted by Gasteiger charge is -2.23. The van der Waals surface area contributed by atoms with Crippen LogP contribution in [0.3, 0.4) is 0 Å². The van der Waals surface area contributed by atoms with Crippen LogP contribution >= 0.6 is 0 Å². The topological polar surface area (TPSA) is 39.2 Å². The fourth-order valence-corrected chi connectivity index (χ4v) is 2.03. The Balaban J connectivity index is 2.24. The van der Waals surface area contributed by atoms with Crippen LogP contribution in [0.15, 0.2) is 42.6 Å². The average Bonchev–Trinajstić information content (AvgIpc) is 2.48. The molecule has 0 aliphatic heterocycles. The normalized spacial score (nSPS) is 11.2. The molecule has 0 unspecified atom stereocenters. The van der Waals surface area contributed by atoms with Gasteiger partial charge in [0.1, 0.15) is 5.75 Å². The quantitative estimate of drug-likeness (QED) is 0.742. The number of aromatic nitrogens is 1. The Morgan fingerprint density at radius 2 is 1.86 bits per heavy atom. The zero-order valence-electron chi connectivity index (χ0n) is 13.0. The number of carbonyl (C=O) groups excluding carboxylic acids is 1. The van der Waals surface area contributed by atoms with Crippen LogP contribution < -0.4 is 4.74 Å². The molecule has 3 nitrogen and oxygen atoms in total. The number of pyridine rings is 1. The number of ether oxygens (including phenoxy) is 1. The molecule has 1 aromatic carbocycles. The van der Waals surface area contributed by atoms with Crippen LogP contribution in [0, 0.1) is 0 Å². The van der Waals surface area contributed by atoms with Crippen LogP contribution in [0.4, 0.5) is 0 Å². The summed E-state index contributed by atoms with van der Waals surface area (Å²) in [6.45, 7) is 8.12. The van der Waals surface area contributed by atoms with E-state index in [1.165, 1.54) is 12.5 Å². The summed E-state index contributed by atoms with van der Waals surface area (Å²) in [5, 5.41) is 0. The summed E-state index contributed by atoms with van der Waals surface area (Å²) < 4.78 is 5.74. The van der Waals surface area contributed by atoms with Crippen molar-refractivity contribution in [3.63, 3.8) is 0 Å². The van der Waals surface area contributed by atoms with Crippen LogP contribution in [0.1, 0.15) is 50.0 Å². The van der Waals surface area contributed by atoms with Crippen LogP contribution in [-0.4, -0.2) is 10.8 Å². The number of ketones is 1. The summed E-state index contributed by atoms with van der Waals surface area (Å²) in [5.74, 6) is 0.987. The molecule has 0 aliphatic carbocycles. The lowest BCUT2D eigenvalue weighted by molar-refractivity contribution is 0.101. The molecule has 1 heterocycles. The van der Waals surface area contributed by atoms with E-state index in [2.05, 4.69) is 37.9 Å². The number of rotatable bonds is 5. The smallest absolute Gasteiger partial charge is 0.230 e. The molecule has 0 saturated heterocycles. The second kappa shape index (κ2) is 6.08. The van der Waals surface area contributed by atoms with Gasteiger partial charge in [0.25, 0.3) is 0 Å². The standard InChI is InChI=1S/C18H21NO2/c1-5-18(3,4)14-8-10-15(11-9-14)21-17-16(13(2)20)7-6-12-19-17/h6-12H,5H2,1-4H3. The molecule has 0 fully saturated rings. The SMILES string of the molecule is CCC(C)(C)c1ccc(Oc2ncccc2C(C)=O)cc1. The van der Waals surface area contributed by atoms with E-state index in [0.29, 0.717) is 17.2 Å². The van der Waals surface area contributed by atoms with Gasteiger partial charge in [-0.25, -0.2) is 4.98 Å². The molecular weight excluding hydrogens is 262 g/mol. The highest BCUT2D eigenvalue weighted by Gasteiger charge is 2.18. The van der Waals surface area contributed by atoms with E-state index in [0.717, 1.165) is 6.42 Å². The fraction of sp³-hybridized carbons (Fsp3) is 0.333. The Hall–Kier alpha value is -2.16. The number of nitrogens with zero attached hydrogens (tertiary/aromatic N) is 1. The van der Waals surface area contributed by atoms with E-state index in [1.54, 1.807) is 18.3 Å². The molecular formula is C18H21NO2. The Morgan fingerprint density at radius 3 is 2.43 bits per heavy atom. The first kappa shape index (κ1) is 15.2. The number of hydrogen-bond acceptors (Lipinski definition) is 3. The maximum atomic E-state index is 11.6. The zero-order valence-corrected chi connectivity index (χ0v) is 13.0. The minimum atomic E-state index is -0.0539. The third-order valence-corrected chi connectivity index (χ3v) is 3.88. The van der Waals surface area contributed by atoms with Crippen molar-refractivity contribution in [3.8, 4) is 11.6 Å².